The minimum absolute atomic E-state index is 0.111. The van der Waals surface area contributed by atoms with E-state index in [-0.39, 0.29) is 11.5 Å². The molecule has 2 heterocycles. The highest BCUT2D eigenvalue weighted by Crippen LogP contribution is 2.38. The molecule has 0 amide bonds. The molecular formula is C19H30N2O. The molecule has 122 valence electrons. The summed E-state index contributed by atoms with van der Waals surface area (Å²) in [6.45, 7) is 5.54. The van der Waals surface area contributed by atoms with Crippen molar-refractivity contribution in [1.29, 1.82) is 0 Å². The molecule has 22 heavy (non-hydrogen) atoms. The topological polar surface area (TPSA) is 26.7 Å². The first kappa shape index (κ1) is 16.0. The molecule has 0 radical (unpaired) electrons. The Morgan fingerprint density at radius 2 is 2.00 bits per heavy atom. The van der Waals surface area contributed by atoms with Crippen LogP contribution in [0.25, 0.3) is 0 Å². The third-order valence-corrected chi connectivity index (χ3v) is 5.55. The van der Waals surface area contributed by atoms with Crippen LogP contribution >= 0.6 is 0 Å². The maximum Gasteiger partial charge on any atom is 0.0633 e. The molecule has 2 aliphatic rings. The second kappa shape index (κ2) is 7.12. The molecule has 2 atom stereocenters. The monoisotopic (exact) mass is 302 g/mol. The molecule has 2 fully saturated rings. The average Bonchev–Trinajstić information content (AvgIpc) is 2.53. The van der Waals surface area contributed by atoms with E-state index in [1.807, 2.05) is 0 Å². The maximum atomic E-state index is 10.6. The van der Waals surface area contributed by atoms with Crippen molar-refractivity contribution < 1.29 is 5.11 Å². The summed E-state index contributed by atoms with van der Waals surface area (Å²) in [5.74, 6) is 0. The Labute approximate surface area is 134 Å². The number of hydrogen-bond donors (Lipinski definition) is 1. The van der Waals surface area contributed by atoms with E-state index in [2.05, 4.69) is 47.2 Å². The van der Waals surface area contributed by atoms with Gasteiger partial charge >= 0.3 is 0 Å². The molecule has 0 bridgehead atoms. The zero-order chi connectivity index (χ0) is 15.4. The zero-order valence-electron chi connectivity index (χ0n) is 13.9. The van der Waals surface area contributed by atoms with Crippen LogP contribution in [-0.4, -0.2) is 60.8 Å². The molecule has 3 heteroatoms. The largest absolute Gasteiger partial charge is 0.392 e. The van der Waals surface area contributed by atoms with Crippen molar-refractivity contribution in [2.75, 3.05) is 39.8 Å². The fourth-order valence-electron chi connectivity index (χ4n) is 4.37. The van der Waals surface area contributed by atoms with Crippen LogP contribution in [0.1, 0.15) is 31.2 Å². The third-order valence-electron chi connectivity index (χ3n) is 5.55. The van der Waals surface area contributed by atoms with Crippen molar-refractivity contribution in [3.63, 3.8) is 0 Å². The van der Waals surface area contributed by atoms with Crippen molar-refractivity contribution >= 4 is 0 Å². The van der Waals surface area contributed by atoms with E-state index in [1.165, 1.54) is 31.4 Å². The van der Waals surface area contributed by atoms with Gasteiger partial charge in [0, 0.05) is 25.0 Å². The summed E-state index contributed by atoms with van der Waals surface area (Å²) < 4.78 is 0. The van der Waals surface area contributed by atoms with E-state index in [9.17, 15) is 5.11 Å². The SMILES string of the molecule is CN1CC[C@H](O)[C@@]2(CCCN(CCCc3ccccc3)C2)C1. The van der Waals surface area contributed by atoms with Crippen molar-refractivity contribution in [2.45, 2.75) is 38.2 Å². The Kier molecular flexibility index (Phi) is 5.17. The van der Waals surface area contributed by atoms with Gasteiger partial charge in [-0.3, -0.25) is 0 Å². The molecule has 1 N–H and O–H groups in total. The van der Waals surface area contributed by atoms with Crippen molar-refractivity contribution in [2.24, 2.45) is 5.41 Å². The lowest BCUT2D eigenvalue weighted by Gasteiger charge is -2.50. The summed E-state index contributed by atoms with van der Waals surface area (Å²) >= 11 is 0. The predicted octanol–water partition coefficient (Wildman–Crippen LogP) is 2.40. The fraction of sp³-hybridized carbons (Fsp3) is 0.684. The van der Waals surface area contributed by atoms with Crippen LogP contribution in [0, 0.1) is 5.41 Å². The maximum absolute atomic E-state index is 10.6. The Balaban J connectivity index is 1.52. The lowest BCUT2D eigenvalue weighted by atomic mass is 9.71. The molecule has 1 aromatic rings. The van der Waals surface area contributed by atoms with Crippen molar-refractivity contribution in [3.8, 4) is 0 Å². The number of aliphatic hydroxyl groups is 1. The molecule has 2 aliphatic heterocycles. The highest BCUT2D eigenvalue weighted by molar-refractivity contribution is 5.14. The van der Waals surface area contributed by atoms with Crippen LogP contribution in [-0.2, 0) is 6.42 Å². The van der Waals surface area contributed by atoms with E-state index in [4.69, 9.17) is 0 Å². The van der Waals surface area contributed by atoms with Gasteiger partial charge in [-0.1, -0.05) is 30.3 Å². The first-order valence-electron chi connectivity index (χ1n) is 8.81. The average molecular weight is 302 g/mol. The molecule has 3 nitrogen and oxygen atoms in total. The first-order valence-corrected chi connectivity index (χ1v) is 8.81. The van der Waals surface area contributed by atoms with Gasteiger partial charge in [0.1, 0.15) is 0 Å². The fourth-order valence-corrected chi connectivity index (χ4v) is 4.37. The molecule has 1 aromatic carbocycles. The highest BCUT2D eigenvalue weighted by atomic mass is 16.3. The minimum Gasteiger partial charge on any atom is -0.392 e. The number of aryl methyl sites for hydroxylation is 1. The number of benzene rings is 1. The van der Waals surface area contributed by atoms with Gasteiger partial charge in [0.05, 0.1) is 6.10 Å². The Morgan fingerprint density at radius 1 is 1.18 bits per heavy atom. The molecule has 0 unspecified atom stereocenters. The molecule has 3 rings (SSSR count). The summed E-state index contributed by atoms with van der Waals surface area (Å²) in [7, 11) is 2.20. The van der Waals surface area contributed by atoms with Gasteiger partial charge in [0.2, 0.25) is 0 Å². The van der Waals surface area contributed by atoms with E-state index in [0.717, 1.165) is 39.0 Å². The molecule has 2 saturated heterocycles. The molecule has 0 aromatic heterocycles. The standard InChI is InChI=1S/C19H30N2O/c1-20-14-10-18(22)19(15-20)11-6-13-21(16-19)12-5-9-17-7-3-2-4-8-17/h2-4,7-8,18,22H,5-6,9-16H2,1H3/t18-,19-/m0/s1. The minimum atomic E-state index is -0.111. The number of hydrogen-bond acceptors (Lipinski definition) is 3. The van der Waals surface area contributed by atoms with Gasteiger partial charge in [-0.05, 0) is 57.8 Å². The lowest BCUT2D eigenvalue weighted by molar-refractivity contribution is -0.0792. The van der Waals surface area contributed by atoms with Gasteiger partial charge in [-0.25, -0.2) is 0 Å². The van der Waals surface area contributed by atoms with Crippen molar-refractivity contribution in [3.05, 3.63) is 35.9 Å². The molecule has 0 saturated carbocycles. The van der Waals surface area contributed by atoms with Crippen LogP contribution < -0.4 is 0 Å². The number of rotatable bonds is 4. The Hall–Kier alpha value is -0.900. The first-order chi connectivity index (χ1) is 10.7. The van der Waals surface area contributed by atoms with Gasteiger partial charge in [0.25, 0.3) is 0 Å². The second-order valence-electron chi connectivity index (χ2n) is 7.37. The summed E-state index contributed by atoms with van der Waals surface area (Å²) in [6.07, 6.45) is 5.62. The van der Waals surface area contributed by atoms with Gasteiger partial charge in [0.15, 0.2) is 0 Å². The number of likely N-dealkylation sites (tertiary alicyclic amines) is 2. The molecule has 0 aliphatic carbocycles. The summed E-state index contributed by atoms with van der Waals surface area (Å²) in [6, 6.07) is 10.8. The van der Waals surface area contributed by atoms with Crippen molar-refractivity contribution in [1.82, 2.24) is 9.80 Å². The van der Waals surface area contributed by atoms with E-state index in [1.54, 1.807) is 0 Å². The Morgan fingerprint density at radius 3 is 2.82 bits per heavy atom. The zero-order valence-corrected chi connectivity index (χ0v) is 13.9. The van der Waals surface area contributed by atoms with Gasteiger partial charge in [-0.15, -0.1) is 0 Å². The summed E-state index contributed by atoms with van der Waals surface area (Å²) in [5.41, 5.74) is 1.56. The van der Waals surface area contributed by atoms with Crippen LogP contribution in [0.5, 0.6) is 0 Å². The summed E-state index contributed by atoms with van der Waals surface area (Å²) in [4.78, 5) is 5.00. The van der Waals surface area contributed by atoms with Crippen LogP contribution in [0.15, 0.2) is 30.3 Å². The molecular weight excluding hydrogens is 272 g/mol. The quantitative estimate of drug-likeness (QED) is 0.925. The van der Waals surface area contributed by atoms with Crippen LogP contribution in [0.2, 0.25) is 0 Å². The van der Waals surface area contributed by atoms with E-state index < -0.39 is 0 Å². The normalized spacial score (nSPS) is 30.7. The second-order valence-corrected chi connectivity index (χ2v) is 7.37. The highest BCUT2D eigenvalue weighted by Gasteiger charge is 2.44. The van der Waals surface area contributed by atoms with E-state index >= 15 is 0 Å². The van der Waals surface area contributed by atoms with Crippen LogP contribution in [0.4, 0.5) is 0 Å². The Bertz CT molecular complexity index is 464. The van der Waals surface area contributed by atoms with Crippen LogP contribution in [0.3, 0.4) is 0 Å². The lowest BCUT2D eigenvalue weighted by Crippen LogP contribution is -2.58. The summed E-state index contributed by atoms with van der Waals surface area (Å²) in [5, 5.41) is 10.6. The van der Waals surface area contributed by atoms with E-state index in [0.29, 0.717) is 0 Å². The third kappa shape index (κ3) is 3.70. The van der Waals surface area contributed by atoms with Gasteiger partial charge in [-0.2, -0.15) is 0 Å². The predicted molar refractivity (Wildman–Crippen MR) is 91.0 cm³/mol. The molecule has 1 spiro atoms. The number of piperidine rings is 2. The smallest absolute Gasteiger partial charge is 0.0633 e. The number of aliphatic hydroxyl groups excluding tert-OH is 1. The number of nitrogens with zero attached hydrogens (tertiary/aromatic N) is 2. The van der Waals surface area contributed by atoms with Gasteiger partial charge < -0.3 is 14.9 Å².